The lowest BCUT2D eigenvalue weighted by molar-refractivity contribution is 0.00578. The average molecular weight is 743 g/mol. The van der Waals surface area contributed by atoms with E-state index in [1.165, 1.54) is 24.3 Å². The van der Waals surface area contributed by atoms with Gasteiger partial charge in [0.1, 0.15) is 0 Å². The molecule has 0 spiro atoms. The largest absolute Gasteiger partial charge is 0.494 e. The highest BCUT2D eigenvalue weighted by molar-refractivity contribution is 9.10. The zero-order chi connectivity index (χ0) is 36.9. The Morgan fingerprint density at radius 3 is 0.979 bits per heavy atom. The number of rotatable bonds is 4. The van der Waals surface area contributed by atoms with E-state index in [0.717, 1.165) is 23.8 Å². The van der Waals surface area contributed by atoms with Crippen molar-refractivity contribution in [1.82, 2.24) is 0 Å². The van der Waals surface area contributed by atoms with Crippen molar-refractivity contribution in [2.24, 2.45) is 0 Å². The first-order valence-corrected chi connectivity index (χ1v) is 16.9. The third kappa shape index (κ3) is 9.27. The molecule has 2 aromatic rings. The Hall–Kier alpha value is -1.41. The molecule has 14 heteroatoms. The Bertz CT molecular complexity index is 1310. The van der Waals surface area contributed by atoms with Crippen molar-refractivity contribution in [3.05, 3.63) is 64.1 Å². The summed E-state index contributed by atoms with van der Waals surface area (Å²) < 4.78 is 87.8. The van der Waals surface area contributed by atoms with Crippen LogP contribution in [-0.2, 0) is 39.8 Å². The van der Waals surface area contributed by atoms with Crippen molar-refractivity contribution < 1.29 is 45.5 Å². The van der Waals surface area contributed by atoms with Crippen molar-refractivity contribution in [3.63, 3.8) is 0 Å². The summed E-state index contributed by atoms with van der Waals surface area (Å²) >= 11 is 3.17. The second-order valence-corrected chi connectivity index (χ2v) is 16.7. The minimum Gasteiger partial charge on any atom is -0.405 e. The van der Waals surface area contributed by atoms with Gasteiger partial charge < -0.3 is 27.9 Å². The summed E-state index contributed by atoms with van der Waals surface area (Å²) in [5, 5.41) is 0. The first kappa shape index (κ1) is 41.0. The van der Waals surface area contributed by atoms with Gasteiger partial charge in [0.15, 0.2) is 0 Å². The molecule has 0 unspecified atom stereocenters. The molecule has 0 amide bonds. The van der Waals surface area contributed by atoms with Crippen LogP contribution < -0.4 is 5.46 Å². The van der Waals surface area contributed by atoms with E-state index in [-0.39, 0.29) is 33.5 Å². The molecule has 0 saturated carbocycles. The molecule has 0 N–H and O–H groups in total. The lowest BCUT2D eigenvalue weighted by atomic mass is 9.49. The van der Waals surface area contributed by atoms with Gasteiger partial charge in [-0.1, -0.05) is 52.3 Å². The normalized spacial score (nSPS) is 23.3. The van der Waals surface area contributed by atoms with E-state index in [0.29, 0.717) is 0 Å². The van der Waals surface area contributed by atoms with E-state index in [1.807, 2.05) is 83.1 Å². The highest BCUT2D eigenvalue weighted by atomic mass is 79.9. The van der Waals surface area contributed by atoms with Crippen molar-refractivity contribution >= 4 is 42.5 Å². The van der Waals surface area contributed by atoms with Crippen molar-refractivity contribution in [2.45, 2.75) is 142 Å². The molecular weight excluding hydrogens is 693 g/mol. The Labute approximate surface area is 293 Å². The van der Waals surface area contributed by atoms with E-state index in [2.05, 4.69) is 15.9 Å². The minimum absolute atomic E-state index is 0.00670. The molecule has 48 heavy (non-hydrogen) atoms. The van der Waals surface area contributed by atoms with Gasteiger partial charge in [-0.25, -0.2) is 17.6 Å². The predicted molar refractivity (Wildman–Crippen MR) is 188 cm³/mol. The Morgan fingerprint density at radius 2 is 0.708 bits per heavy atom. The van der Waals surface area contributed by atoms with E-state index in [1.54, 1.807) is 24.3 Å². The molecule has 0 aliphatic carbocycles. The molecule has 5 rings (SSSR count). The lowest BCUT2D eigenvalue weighted by Gasteiger charge is -2.32. The molecule has 3 aliphatic heterocycles. The SMILES string of the molecule is CC(F)(F)c1ccc(B2OC(C)(C)C(C)(C)O2)cc1.CC(F)(F)c1ccc(Br)cc1.CC1(C)OB(B2OC(C)(C)C(C)(C)O2)OC1(C)C. The van der Waals surface area contributed by atoms with Crippen LogP contribution in [0.3, 0.4) is 0 Å². The van der Waals surface area contributed by atoms with Crippen LogP contribution in [-0.4, -0.2) is 54.7 Å². The smallest absolute Gasteiger partial charge is 0.405 e. The molecule has 0 atom stereocenters. The average Bonchev–Trinajstić information content (AvgIpc) is 3.37. The van der Waals surface area contributed by atoms with Gasteiger partial charge in [0.05, 0.1) is 33.6 Å². The zero-order valence-corrected chi connectivity index (χ0v) is 32.3. The van der Waals surface area contributed by atoms with Gasteiger partial charge in [-0.05, 0) is 101 Å². The summed E-state index contributed by atoms with van der Waals surface area (Å²) in [5.74, 6) is -5.56. The molecule has 2 aromatic carbocycles. The topological polar surface area (TPSA) is 55.4 Å². The fourth-order valence-electron chi connectivity index (χ4n) is 4.65. The van der Waals surface area contributed by atoms with Gasteiger partial charge in [0.25, 0.3) is 11.8 Å². The van der Waals surface area contributed by atoms with Crippen LogP contribution in [0.2, 0.25) is 0 Å². The summed E-state index contributed by atoms with van der Waals surface area (Å²) in [4.78, 5) is 0. The molecule has 6 nitrogen and oxygen atoms in total. The summed E-state index contributed by atoms with van der Waals surface area (Å²) in [5.41, 5.74) is -1.50. The van der Waals surface area contributed by atoms with Gasteiger partial charge in [-0.15, -0.1) is 0 Å². The van der Waals surface area contributed by atoms with Crippen LogP contribution in [0.25, 0.3) is 0 Å². The maximum absolute atomic E-state index is 13.1. The summed E-state index contributed by atoms with van der Waals surface area (Å²) in [6, 6.07) is 12.1. The number of benzene rings is 2. The summed E-state index contributed by atoms with van der Waals surface area (Å²) in [7, 11) is -1.46. The van der Waals surface area contributed by atoms with Crippen LogP contribution >= 0.6 is 15.9 Å². The molecule has 0 bridgehead atoms. The van der Waals surface area contributed by atoms with Crippen LogP contribution in [0.1, 0.15) is 108 Å². The van der Waals surface area contributed by atoms with E-state index < -0.39 is 44.2 Å². The standard InChI is InChI=1S/C14H19BF2O2.C12H24B2O4.C8H7BrF2/c1-12(2)13(3,4)19-15(18-12)11-8-6-10(7-9-11)14(5,16)17;1-9(2)10(3,4)16-13(15-9)14-17-11(5,6)12(7,8)18-14;1-8(10,11)6-2-4-7(9)5-3-6/h6-9H,1-5H3;1-8H3;2-5H,1H3. The molecule has 3 aliphatic rings. The van der Waals surface area contributed by atoms with Gasteiger partial charge in [-0.3, -0.25) is 0 Å². The third-order valence-electron chi connectivity index (χ3n) is 10.1. The van der Waals surface area contributed by atoms with Crippen LogP contribution in [0.5, 0.6) is 0 Å². The van der Waals surface area contributed by atoms with Crippen LogP contribution in [0, 0.1) is 0 Å². The molecule has 3 fully saturated rings. The van der Waals surface area contributed by atoms with E-state index in [4.69, 9.17) is 27.9 Å². The number of halogens is 5. The minimum atomic E-state index is -2.82. The molecular formula is C34H50B3BrF4O6. The second-order valence-electron chi connectivity index (χ2n) is 15.7. The van der Waals surface area contributed by atoms with Crippen molar-refractivity contribution in [1.29, 1.82) is 0 Å². The highest BCUT2D eigenvalue weighted by Crippen LogP contribution is 2.43. The second kappa shape index (κ2) is 13.6. The van der Waals surface area contributed by atoms with Crippen molar-refractivity contribution in [2.75, 3.05) is 0 Å². The molecule has 266 valence electrons. The predicted octanol–water partition coefficient (Wildman–Crippen LogP) is 8.91. The highest BCUT2D eigenvalue weighted by Gasteiger charge is 2.63. The Morgan fingerprint density at radius 1 is 0.458 bits per heavy atom. The maximum atomic E-state index is 13.1. The molecule has 0 aromatic heterocycles. The maximum Gasteiger partial charge on any atom is 0.494 e. The lowest BCUT2D eigenvalue weighted by Crippen LogP contribution is -2.41. The fraction of sp³-hybridized carbons (Fsp3) is 0.647. The van der Waals surface area contributed by atoms with Crippen LogP contribution in [0.15, 0.2) is 53.0 Å². The van der Waals surface area contributed by atoms with Crippen molar-refractivity contribution in [3.8, 4) is 0 Å². The van der Waals surface area contributed by atoms with Crippen LogP contribution in [0.4, 0.5) is 17.6 Å². The van der Waals surface area contributed by atoms with E-state index >= 15 is 0 Å². The van der Waals surface area contributed by atoms with E-state index in [9.17, 15) is 17.6 Å². The first-order valence-electron chi connectivity index (χ1n) is 16.1. The van der Waals surface area contributed by atoms with Gasteiger partial charge >= 0.3 is 21.1 Å². The molecule has 0 radical (unpaired) electrons. The quantitative estimate of drug-likeness (QED) is 0.231. The fourth-order valence-corrected chi connectivity index (χ4v) is 4.92. The summed E-state index contributed by atoms with van der Waals surface area (Å²) in [6.45, 7) is 25.8. The Balaban J connectivity index is 0.000000203. The monoisotopic (exact) mass is 742 g/mol. The van der Waals surface area contributed by atoms with Gasteiger partial charge in [-0.2, -0.15) is 0 Å². The first-order chi connectivity index (χ1) is 21.4. The number of hydrogen-bond acceptors (Lipinski definition) is 6. The Kier molecular flexibility index (Phi) is 11.6. The summed E-state index contributed by atoms with van der Waals surface area (Å²) in [6.07, 6.45) is 0. The molecule has 3 saturated heterocycles. The third-order valence-corrected chi connectivity index (χ3v) is 10.6. The number of hydrogen-bond donors (Lipinski definition) is 0. The number of alkyl halides is 4. The van der Waals surface area contributed by atoms with Gasteiger partial charge in [0.2, 0.25) is 0 Å². The van der Waals surface area contributed by atoms with Gasteiger partial charge in [0, 0.05) is 29.4 Å². The molecule has 3 heterocycles. The zero-order valence-electron chi connectivity index (χ0n) is 30.7.